The van der Waals surface area contributed by atoms with E-state index in [0.29, 0.717) is 32.1 Å². The topological polar surface area (TPSA) is 450 Å². The number of hydrogen-bond acceptors (Lipinski definition) is 27. The van der Waals surface area contributed by atoms with Crippen LogP contribution in [0.3, 0.4) is 0 Å². The van der Waals surface area contributed by atoms with Crippen LogP contribution in [0.15, 0.2) is 11.6 Å². The van der Waals surface area contributed by atoms with Gasteiger partial charge in [0.2, 0.25) is 6.29 Å². The maximum atomic E-state index is 15.6. The van der Waals surface area contributed by atoms with E-state index >= 15 is 4.79 Å². The van der Waals surface area contributed by atoms with Crippen LogP contribution in [0, 0.1) is 50.2 Å². The predicted molar refractivity (Wildman–Crippen MR) is 281 cm³/mol. The van der Waals surface area contributed by atoms with Gasteiger partial charge in [-0.1, -0.05) is 46.3 Å². The van der Waals surface area contributed by atoms with Crippen LogP contribution in [0.4, 0.5) is 0 Å². The summed E-state index contributed by atoms with van der Waals surface area (Å²) in [6.45, 7) is 10.9. The number of ether oxygens (including phenoxy) is 10. The van der Waals surface area contributed by atoms with Gasteiger partial charge in [-0.25, -0.2) is 0 Å². The van der Waals surface area contributed by atoms with Gasteiger partial charge in [-0.15, -0.1) is 0 Å². The molecule has 5 aliphatic heterocycles. The number of aliphatic hydroxyl groups is 15. The van der Waals surface area contributed by atoms with Crippen molar-refractivity contribution in [3.8, 4) is 0 Å². The van der Waals surface area contributed by atoms with Crippen molar-refractivity contribution >= 4 is 11.9 Å². The Kier molecular flexibility index (Phi) is 18.4. The summed E-state index contributed by atoms with van der Waals surface area (Å²) >= 11 is 0. The van der Waals surface area contributed by atoms with Crippen LogP contribution in [0.2, 0.25) is 0 Å². The van der Waals surface area contributed by atoms with E-state index in [0.717, 1.165) is 5.57 Å². The molecule has 10 rings (SSSR count). The Balaban J connectivity index is 0.920. The Morgan fingerprint density at radius 1 is 0.565 bits per heavy atom. The van der Waals surface area contributed by atoms with Gasteiger partial charge in [0, 0.05) is 0 Å². The molecular formula is C57H90O28. The number of carbonyl (C=O) groups excluding carboxylic acids is 1. The smallest absolute Gasteiger partial charge is 0.317 e. The SMILES string of the molecule is CC1OC(OC2C(OC(=O)C34CCC(C)(C)CC3C3=CCC5C6(C)CC(O)C(OC7OC(CO)C(O)C(O)C7O)C(C)(C(=O)O)C6CCC5(C)C3(C)CC4O)OCC(O)C2O)C(O)C(OC2OCC(O)C(O)C2O)C1OC1OCC(O)C(O)C1O. The van der Waals surface area contributed by atoms with Gasteiger partial charge < -0.3 is 129 Å². The number of aliphatic carboxylic acids is 1. The fraction of sp³-hybridized carbons (Fsp3) is 0.930. The number of carboxylic acids is 1. The van der Waals surface area contributed by atoms with Crippen molar-refractivity contribution in [2.45, 2.75) is 253 Å². The quantitative estimate of drug-likeness (QED) is 0.0500. The molecule has 5 aliphatic carbocycles. The average molecular weight is 1220 g/mol. The van der Waals surface area contributed by atoms with E-state index in [2.05, 4.69) is 33.8 Å². The summed E-state index contributed by atoms with van der Waals surface area (Å²) < 4.78 is 59.4. The first-order valence-electron chi connectivity index (χ1n) is 29.8. The normalized spacial score (nSPS) is 55.2. The zero-order valence-corrected chi connectivity index (χ0v) is 48.8. The van der Waals surface area contributed by atoms with Crippen molar-refractivity contribution in [3.05, 3.63) is 11.6 Å². The third kappa shape index (κ3) is 10.7. The fourth-order valence-electron chi connectivity index (χ4n) is 17.3. The molecule has 33 unspecified atom stereocenters. The Morgan fingerprint density at radius 3 is 1.72 bits per heavy atom. The van der Waals surface area contributed by atoms with Crippen LogP contribution in [-0.4, -0.2) is 274 Å². The second kappa shape index (κ2) is 23.8. The number of fused-ring (bicyclic) bond motifs is 7. The highest BCUT2D eigenvalue weighted by Gasteiger charge is 2.74. The summed E-state index contributed by atoms with van der Waals surface area (Å²) in [7, 11) is 0. The van der Waals surface area contributed by atoms with Crippen molar-refractivity contribution in [2.24, 2.45) is 50.2 Å². The first-order chi connectivity index (χ1) is 39.7. The molecule has 33 atom stereocenters. The van der Waals surface area contributed by atoms with Crippen LogP contribution < -0.4 is 0 Å². The molecule has 0 spiro atoms. The highest BCUT2D eigenvalue weighted by atomic mass is 16.8. The second-order valence-electron chi connectivity index (χ2n) is 27.8. The minimum absolute atomic E-state index is 0.0372. The Hall–Kier alpha value is -2.28. The van der Waals surface area contributed by atoms with Crippen molar-refractivity contribution in [2.75, 3.05) is 26.4 Å². The van der Waals surface area contributed by atoms with E-state index < -0.39 is 231 Å². The van der Waals surface area contributed by atoms with Crippen LogP contribution >= 0.6 is 0 Å². The largest absolute Gasteiger partial charge is 0.481 e. The van der Waals surface area contributed by atoms with Gasteiger partial charge >= 0.3 is 11.9 Å². The highest BCUT2D eigenvalue weighted by molar-refractivity contribution is 5.80. The Morgan fingerprint density at radius 2 is 1.12 bits per heavy atom. The van der Waals surface area contributed by atoms with E-state index in [-0.39, 0.29) is 30.6 Å². The molecular weight excluding hydrogens is 1130 g/mol. The van der Waals surface area contributed by atoms with Crippen LogP contribution in [0.25, 0.3) is 0 Å². The standard InChI is InChI=1S/C57H90O28/c1-21-41(81-45-37(69)32(64)25(60)18-76-45)42(82-46-38(70)33(65)26(61)19-77-46)40(72)48(79-21)83-43-34(66)27(62)20-78-49(43)85-51(75)57-13-12-52(2,3)14-23(57)22-8-9-29-53(4)15-24(59)44(84-47-39(71)36(68)35(67)28(17-58)80-47)56(7,50(73)74)30(53)10-11-54(29,5)55(22,6)16-31(57)63/h8,21,23-49,58-72H,9-20H2,1-7H3,(H,73,74). The van der Waals surface area contributed by atoms with Crippen molar-refractivity contribution < 1.29 is 139 Å². The molecule has 10 aliphatic rings. The molecule has 5 heterocycles. The maximum absolute atomic E-state index is 15.6. The molecule has 0 aromatic rings. The van der Waals surface area contributed by atoms with Gasteiger partial charge in [-0.2, -0.15) is 0 Å². The minimum atomic E-state index is -2.02. The minimum Gasteiger partial charge on any atom is -0.481 e. The Labute approximate surface area is 491 Å². The molecule has 0 radical (unpaired) electrons. The van der Waals surface area contributed by atoms with Gasteiger partial charge in [0.25, 0.3) is 0 Å². The van der Waals surface area contributed by atoms with E-state index in [9.17, 15) is 86.5 Å². The molecule has 5 saturated heterocycles. The predicted octanol–water partition coefficient (Wildman–Crippen LogP) is -4.26. The lowest BCUT2D eigenvalue weighted by atomic mass is 9.33. The third-order valence-electron chi connectivity index (χ3n) is 22.4. The number of rotatable bonds is 12. The van der Waals surface area contributed by atoms with E-state index in [4.69, 9.17) is 47.4 Å². The van der Waals surface area contributed by atoms with Gasteiger partial charge in [-0.05, 0) is 105 Å². The molecule has 0 amide bonds. The molecule has 16 N–H and O–H groups in total. The summed E-state index contributed by atoms with van der Waals surface area (Å²) in [5.41, 5.74) is -5.38. The van der Waals surface area contributed by atoms with Gasteiger partial charge in [0.1, 0.15) is 103 Å². The molecule has 0 aromatic heterocycles. The van der Waals surface area contributed by atoms with E-state index in [1.807, 2.05) is 6.92 Å². The van der Waals surface area contributed by atoms with Gasteiger partial charge in [0.05, 0.1) is 50.2 Å². The molecule has 0 bridgehead atoms. The summed E-state index contributed by atoms with van der Waals surface area (Å²) in [6, 6.07) is 0. The lowest BCUT2D eigenvalue weighted by Crippen LogP contribution is -2.71. The molecule has 0 aromatic carbocycles. The van der Waals surface area contributed by atoms with Gasteiger partial charge in [0.15, 0.2) is 31.3 Å². The zero-order chi connectivity index (χ0) is 62.2. The molecule has 28 nitrogen and oxygen atoms in total. The van der Waals surface area contributed by atoms with Crippen molar-refractivity contribution in [3.63, 3.8) is 0 Å². The third-order valence-corrected chi connectivity index (χ3v) is 22.4. The number of carboxylic acid groups (broad SMARTS) is 1. The number of allylic oxidation sites excluding steroid dienone is 2. The number of esters is 1. The molecule has 9 fully saturated rings. The van der Waals surface area contributed by atoms with Gasteiger partial charge in [-0.3, -0.25) is 9.59 Å². The van der Waals surface area contributed by atoms with Crippen LogP contribution in [0.5, 0.6) is 0 Å². The molecule has 85 heavy (non-hydrogen) atoms. The monoisotopic (exact) mass is 1220 g/mol. The van der Waals surface area contributed by atoms with E-state index in [1.165, 1.54) is 13.8 Å². The lowest BCUT2D eigenvalue weighted by molar-refractivity contribution is -0.388. The average Bonchev–Trinajstić information content (AvgIpc) is 0.729. The number of aliphatic hydroxyl groups excluding tert-OH is 15. The summed E-state index contributed by atoms with van der Waals surface area (Å²) in [6.07, 6.45) is -37.6. The number of hydrogen-bond donors (Lipinski definition) is 16. The lowest BCUT2D eigenvalue weighted by Gasteiger charge is -2.71. The highest BCUT2D eigenvalue weighted by Crippen LogP contribution is 2.76. The number of carbonyl (C=O) groups is 2. The zero-order valence-electron chi connectivity index (χ0n) is 48.8. The molecule has 4 saturated carbocycles. The summed E-state index contributed by atoms with van der Waals surface area (Å²) in [4.78, 5) is 29.3. The van der Waals surface area contributed by atoms with Crippen molar-refractivity contribution in [1.82, 2.24) is 0 Å². The summed E-state index contributed by atoms with van der Waals surface area (Å²) in [5, 5.41) is 176. The van der Waals surface area contributed by atoms with Crippen molar-refractivity contribution in [1.29, 1.82) is 0 Å². The first kappa shape index (κ1) is 65.7. The molecule has 28 heteroatoms. The fourth-order valence-corrected chi connectivity index (χ4v) is 17.3. The first-order valence-corrected chi connectivity index (χ1v) is 29.8. The molecule has 486 valence electrons. The van der Waals surface area contributed by atoms with Crippen LogP contribution in [-0.2, 0) is 57.0 Å². The van der Waals surface area contributed by atoms with E-state index in [1.54, 1.807) is 0 Å². The maximum Gasteiger partial charge on any atom is 0.317 e. The summed E-state index contributed by atoms with van der Waals surface area (Å²) in [5.74, 6) is -3.82. The Bertz CT molecular complexity index is 2440. The second-order valence-corrected chi connectivity index (χ2v) is 27.8. The van der Waals surface area contributed by atoms with Crippen LogP contribution in [0.1, 0.15) is 99.8 Å².